The first-order chi connectivity index (χ1) is 12.4. The third kappa shape index (κ3) is 6.82. The summed E-state index contributed by atoms with van der Waals surface area (Å²) in [6.07, 6.45) is 2.48. The molecule has 0 heterocycles. The fourth-order valence-corrected chi connectivity index (χ4v) is 3.11. The first kappa shape index (κ1) is 19.9. The Hall–Kier alpha value is -2.44. The zero-order chi connectivity index (χ0) is 19.0. The van der Waals surface area contributed by atoms with E-state index in [0.29, 0.717) is 0 Å². The molecule has 138 valence electrons. The summed E-state index contributed by atoms with van der Waals surface area (Å²) in [7, 11) is -3.58. The summed E-state index contributed by atoms with van der Waals surface area (Å²) in [6.45, 7) is 4.05. The molecule has 2 N–H and O–H groups in total. The number of sulfonamides is 1. The van der Waals surface area contributed by atoms with Gasteiger partial charge in [-0.2, -0.15) is 0 Å². The van der Waals surface area contributed by atoms with Crippen LogP contribution < -0.4 is 10.0 Å². The molecule has 0 saturated carbocycles. The highest BCUT2D eigenvalue weighted by Crippen LogP contribution is 2.11. The summed E-state index contributed by atoms with van der Waals surface area (Å²) >= 11 is 0. The van der Waals surface area contributed by atoms with Crippen LogP contribution in [0, 0.1) is 6.92 Å². The summed E-state index contributed by atoms with van der Waals surface area (Å²) in [6, 6.07) is 15.1. The Balaban J connectivity index is 1.81. The highest BCUT2D eigenvalue weighted by molar-refractivity contribution is 7.92. The molecule has 0 aromatic heterocycles. The molecule has 26 heavy (non-hydrogen) atoms. The Morgan fingerprint density at radius 1 is 1.12 bits per heavy atom. The lowest BCUT2D eigenvalue weighted by Gasteiger charge is -2.07. The fourth-order valence-electron chi connectivity index (χ4n) is 2.29. The van der Waals surface area contributed by atoms with Gasteiger partial charge in [0.25, 0.3) is 0 Å². The quantitative estimate of drug-likeness (QED) is 0.745. The minimum absolute atomic E-state index is 0.0415. The third-order valence-corrected chi connectivity index (χ3v) is 4.89. The van der Waals surface area contributed by atoms with Crippen molar-refractivity contribution in [3.8, 4) is 0 Å². The van der Waals surface area contributed by atoms with E-state index in [4.69, 9.17) is 0 Å². The van der Waals surface area contributed by atoms with Gasteiger partial charge in [0.1, 0.15) is 0 Å². The number of carbonyl (C=O) groups excluding carboxylic acids is 1. The number of rotatable bonds is 8. The Morgan fingerprint density at radius 2 is 1.85 bits per heavy atom. The second-order valence-corrected chi connectivity index (χ2v) is 7.66. The topological polar surface area (TPSA) is 75.3 Å². The Morgan fingerprint density at radius 3 is 2.54 bits per heavy atom. The van der Waals surface area contributed by atoms with Gasteiger partial charge in [-0.05, 0) is 42.7 Å². The molecule has 0 aliphatic carbocycles. The number of hydrogen-bond donors (Lipinski definition) is 2. The highest BCUT2D eigenvalue weighted by atomic mass is 32.2. The largest absolute Gasteiger partial charge is 0.326 e. The van der Waals surface area contributed by atoms with Crippen LogP contribution >= 0.6 is 0 Å². The van der Waals surface area contributed by atoms with Crippen molar-refractivity contribution in [1.82, 2.24) is 4.72 Å². The Kier molecular flexibility index (Phi) is 7.12. The molecule has 0 bridgehead atoms. The normalized spacial score (nSPS) is 11.6. The minimum atomic E-state index is -3.58. The first-order valence-electron chi connectivity index (χ1n) is 8.51. The molecule has 0 fully saturated rings. The van der Waals surface area contributed by atoms with E-state index in [0.717, 1.165) is 34.2 Å². The number of amides is 1. The molecule has 0 unspecified atom stereocenters. The van der Waals surface area contributed by atoms with E-state index < -0.39 is 10.0 Å². The van der Waals surface area contributed by atoms with Gasteiger partial charge in [-0.25, -0.2) is 13.1 Å². The van der Waals surface area contributed by atoms with Gasteiger partial charge < -0.3 is 5.32 Å². The van der Waals surface area contributed by atoms with Crippen LogP contribution in [-0.4, -0.2) is 20.9 Å². The summed E-state index contributed by atoms with van der Waals surface area (Å²) in [5.74, 6) is -0.233. The molecule has 0 saturated heterocycles. The predicted molar refractivity (Wildman–Crippen MR) is 106 cm³/mol. The molecule has 0 aliphatic rings. The number of carbonyl (C=O) groups is 1. The molecule has 0 radical (unpaired) electrons. The molecule has 2 aromatic rings. The fraction of sp³-hybridized carbons (Fsp3) is 0.250. The van der Waals surface area contributed by atoms with Gasteiger partial charge in [-0.1, -0.05) is 48.9 Å². The van der Waals surface area contributed by atoms with E-state index in [2.05, 4.69) is 10.0 Å². The van der Waals surface area contributed by atoms with Crippen molar-refractivity contribution in [1.29, 1.82) is 0 Å². The lowest BCUT2D eigenvalue weighted by molar-refractivity contribution is -0.116. The van der Waals surface area contributed by atoms with E-state index in [1.54, 1.807) is 0 Å². The highest BCUT2D eigenvalue weighted by Gasteiger charge is 2.07. The van der Waals surface area contributed by atoms with Crippen molar-refractivity contribution >= 4 is 27.7 Å². The maximum absolute atomic E-state index is 12.0. The standard InChI is InChI=1S/C20H24N2O3S/c1-3-17-5-4-6-19(15-17)22-20(23)11-13-21-26(24,25)14-12-18-9-7-16(2)8-10-18/h4-10,12,14-15,21H,3,11,13H2,1-2H3,(H,22,23)/b14-12+. The van der Waals surface area contributed by atoms with E-state index in [1.807, 2.05) is 62.4 Å². The van der Waals surface area contributed by atoms with Crippen LogP contribution in [0.25, 0.3) is 6.08 Å². The summed E-state index contributed by atoms with van der Waals surface area (Å²) in [5, 5.41) is 3.89. The number of benzene rings is 2. The molecule has 6 heteroatoms. The molecule has 0 spiro atoms. The minimum Gasteiger partial charge on any atom is -0.326 e. The van der Waals surface area contributed by atoms with Crippen LogP contribution in [-0.2, 0) is 21.2 Å². The second kappa shape index (κ2) is 9.31. The van der Waals surface area contributed by atoms with Gasteiger partial charge in [-0.15, -0.1) is 0 Å². The van der Waals surface area contributed by atoms with Gasteiger partial charge in [-0.3, -0.25) is 4.79 Å². The summed E-state index contributed by atoms with van der Waals surface area (Å²) < 4.78 is 26.3. The van der Waals surface area contributed by atoms with Crippen LogP contribution in [0.3, 0.4) is 0 Å². The third-order valence-electron chi connectivity index (χ3n) is 3.79. The van der Waals surface area contributed by atoms with Crippen molar-refractivity contribution < 1.29 is 13.2 Å². The molecular formula is C20H24N2O3S. The van der Waals surface area contributed by atoms with Gasteiger partial charge in [0.15, 0.2) is 0 Å². The van der Waals surface area contributed by atoms with Gasteiger partial charge in [0.05, 0.1) is 0 Å². The summed E-state index contributed by atoms with van der Waals surface area (Å²) in [4.78, 5) is 11.9. The number of hydrogen-bond acceptors (Lipinski definition) is 3. The monoisotopic (exact) mass is 372 g/mol. The van der Waals surface area contributed by atoms with Crippen molar-refractivity contribution in [3.05, 3.63) is 70.6 Å². The Bertz CT molecular complexity index is 872. The van der Waals surface area contributed by atoms with Gasteiger partial charge >= 0.3 is 0 Å². The van der Waals surface area contributed by atoms with E-state index in [-0.39, 0.29) is 18.9 Å². The molecule has 1 amide bonds. The maximum Gasteiger partial charge on any atom is 0.233 e. The van der Waals surface area contributed by atoms with Gasteiger partial charge in [0.2, 0.25) is 15.9 Å². The summed E-state index contributed by atoms with van der Waals surface area (Å²) in [5.41, 5.74) is 3.76. The van der Waals surface area contributed by atoms with Gasteiger partial charge in [0, 0.05) is 24.1 Å². The zero-order valence-electron chi connectivity index (χ0n) is 15.0. The predicted octanol–water partition coefficient (Wildman–Crippen LogP) is 3.48. The van der Waals surface area contributed by atoms with Crippen molar-refractivity contribution in [2.45, 2.75) is 26.7 Å². The first-order valence-corrected chi connectivity index (χ1v) is 10.1. The van der Waals surface area contributed by atoms with E-state index in [9.17, 15) is 13.2 Å². The smallest absolute Gasteiger partial charge is 0.233 e. The van der Waals surface area contributed by atoms with Crippen molar-refractivity contribution in [2.75, 3.05) is 11.9 Å². The Labute approximate surface area is 155 Å². The van der Waals surface area contributed by atoms with E-state index >= 15 is 0 Å². The second-order valence-electron chi connectivity index (χ2n) is 6.00. The van der Waals surface area contributed by atoms with Crippen LogP contribution in [0.4, 0.5) is 5.69 Å². The van der Waals surface area contributed by atoms with Crippen molar-refractivity contribution in [2.24, 2.45) is 0 Å². The molecule has 2 aromatic carbocycles. The van der Waals surface area contributed by atoms with Crippen LogP contribution in [0.5, 0.6) is 0 Å². The molecular weight excluding hydrogens is 348 g/mol. The number of aryl methyl sites for hydroxylation is 2. The van der Waals surface area contributed by atoms with Crippen LogP contribution in [0.1, 0.15) is 30.0 Å². The van der Waals surface area contributed by atoms with Crippen LogP contribution in [0.15, 0.2) is 53.9 Å². The zero-order valence-corrected chi connectivity index (χ0v) is 15.8. The lowest BCUT2D eigenvalue weighted by Crippen LogP contribution is -2.26. The maximum atomic E-state index is 12.0. The number of nitrogens with one attached hydrogen (secondary N) is 2. The lowest BCUT2D eigenvalue weighted by atomic mass is 10.1. The van der Waals surface area contributed by atoms with E-state index in [1.165, 1.54) is 6.08 Å². The van der Waals surface area contributed by atoms with Crippen molar-refractivity contribution in [3.63, 3.8) is 0 Å². The average Bonchev–Trinajstić information content (AvgIpc) is 2.61. The SMILES string of the molecule is CCc1cccc(NC(=O)CCNS(=O)(=O)/C=C/c2ccc(C)cc2)c1. The molecule has 0 atom stereocenters. The van der Waals surface area contributed by atoms with Crippen LogP contribution in [0.2, 0.25) is 0 Å². The molecule has 2 rings (SSSR count). The average molecular weight is 372 g/mol. The number of anilines is 1. The molecule has 0 aliphatic heterocycles. The molecule has 5 nitrogen and oxygen atoms in total.